The fourth-order valence-electron chi connectivity index (χ4n) is 3.20. The number of benzene rings is 2. The van der Waals surface area contributed by atoms with E-state index in [0.717, 1.165) is 31.5 Å². The monoisotopic (exact) mass is 319 g/mol. The summed E-state index contributed by atoms with van der Waals surface area (Å²) in [5.41, 5.74) is 2.76. The Kier molecular flexibility index (Phi) is 5.12. The highest BCUT2D eigenvalue weighted by molar-refractivity contribution is 5.81. The Balaban J connectivity index is 1.56. The maximum absolute atomic E-state index is 12.6. The molecule has 24 heavy (non-hydrogen) atoms. The zero-order valence-electron chi connectivity index (χ0n) is 13.6. The topological polar surface area (TPSA) is 56.1 Å². The minimum Gasteiger partial charge on any atom is -0.376 e. The predicted octanol–water partition coefficient (Wildman–Crippen LogP) is 3.20. The highest BCUT2D eigenvalue weighted by Gasteiger charge is 2.28. The number of carbonyl (C=O) groups excluding carboxylic acids is 1. The number of rotatable bonds is 5. The van der Waals surface area contributed by atoms with Crippen LogP contribution in [0.25, 0.3) is 0 Å². The Morgan fingerprint density at radius 1 is 1.17 bits per heavy atom. The predicted molar refractivity (Wildman–Crippen MR) is 94.5 cm³/mol. The van der Waals surface area contributed by atoms with Crippen LogP contribution in [0.4, 0.5) is 5.69 Å². The first-order chi connectivity index (χ1) is 11.8. The maximum Gasteiger partial charge on any atom is 0.242 e. The van der Waals surface area contributed by atoms with Gasteiger partial charge in [-0.05, 0) is 49.1 Å². The van der Waals surface area contributed by atoms with Crippen molar-refractivity contribution >= 4 is 11.6 Å². The molecule has 0 aliphatic carbocycles. The molecule has 4 nitrogen and oxygen atoms in total. The second-order valence-corrected chi connectivity index (χ2v) is 6.12. The summed E-state index contributed by atoms with van der Waals surface area (Å²) in [4.78, 5) is 14.6. The Morgan fingerprint density at radius 3 is 2.62 bits per heavy atom. The molecule has 3 rings (SSSR count). The number of nitriles is 1. The second kappa shape index (κ2) is 7.65. The normalized spacial score (nSPS) is 16.6. The van der Waals surface area contributed by atoms with Crippen molar-refractivity contribution in [1.29, 1.82) is 5.26 Å². The lowest BCUT2D eigenvalue weighted by atomic mass is 10.0. The van der Waals surface area contributed by atoms with Crippen molar-refractivity contribution in [2.45, 2.75) is 25.3 Å². The molecule has 1 N–H and O–H groups in total. The highest BCUT2D eigenvalue weighted by Crippen LogP contribution is 2.21. The summed E-state index contributed by atoms with van der Waals surface area (Å²) in [6.45, 7) is 1.13. The summed E-state index contributed by atoms with van der Waals surface area (Å²) in [5.74, 6) is 0.137. The van der Waals surface area contributed by atoms with Gasteiger partial charge in [0, 0.05) is 18.3 Å². The highest BCUT2D eigenvalue weighted by atomic mass is 16.2. The largest absolute Gasteiger partial charge is 0.376 e. The van der Waals surface area contributed by atoms with Crippen LogP contribution in [0.5, 0.6) is 0 Å². The molecule has 0 radical (unpaired) electrons. The number of nitrogens with zero attached hydrogens (tertiary/aromatic N) is 2. The molecule has 1 heterocycles. The summed E-state index contributed by atoms with van der Waals surface area (Å²) >= 11 is 0. The van der Waals surface area contributed by atoms with E-state index in [4.69, 9.17) is 5.26 Å². The minimum absolute atomic E-state index is 0.137. The van der Waals surface area contributed by atoms with Gasteiger partial charge in [-0.1, -0.05) is 30.3 Å². The van der Waals surface area contributed by atoms with Crippen LogP contribution >= 0.6 is 0 Å². The number of nitrogens with one attached hydrogen (secondary N) is 1. The molecule has 1 aliphatic rings. The third kappa shape index (κ3) is 3.94. The van der Waals surface area contributed by atoms with E-state index in [-0.39, 0.29) is 12.5 Å². The summed E-state index contributed by atoms with van der Waals surface area (Å²) < 4.78 is 0. The molecule has 0 aromatic heterocycles. The van der Waals surface area contributed by atoms with E-state index in [1.807, 2.05) is 35.2 Å². The molecule has 1 atom stereocenters. The van der Waals surface area contributed by atoms with Gasteiger partial charge in [0.1, 0.15) is 0 Å². The Morgan fingerprint density at radius 2 is 1.92 bits per heavy atom. The van der Waals surface area contributed by atoms with Crippen LogP contribution in [0.15, 0.2) is 54.6 Å². The van der Waals surface area contributed by atoms with Crippen LogP contribution in [-0.4, -0.2) is 29.9 Å². The average Bonchev–Trinajstić information content (AvgIpc) is 3.09. The van der Waals surface area contributed by atoms with Crippen LogP contribution in [0.1, 0.15) is 24.0 Å². The molecule has 1 saturated heterocycles. The van der Waals surface area contributed by atoms with Crippen molar-refractivity contribution < 1.29 is 4.79 Å². The van der Waals surface area contributed by atoms with Crippen molar-refractivity contribution in [2.24, 2.45) is 0 Å². The third-order valence-electron chi connectivity index (χ3n) is 4.47. The quantitative estimate of drug-likeness (QED) is 0.920. The van der Waals surface area contributed by atoms with Crippen LogP contribution in [0.3, 0.4) is 0 Å². The van der Waals surface area contributed by atoms with Gasteiger partial charge in [0.25, 0.3) is 0 Å². The number of hydrogen-bond donors (Lipinski definition) is 1. The van der Waals surface area contributed by atoms with Crippen molar-refractivity contribution in [3.05, 3.63) is 65.7 Å². The molecule has 122 valence electrons. The van der Waals surface area contributed by atoms with E-state index in [2.05, 4.69) is 23.5 Å². The molecule has 0 saturated carbocycles. The number of likely N-dealkylation sites (tertiary alicyclic amines) is 1. The molecule has 2 aromatic rings. The molecule has 1 fully saturated rings. The first-order valence-corrected chi connectivity index (χ1v) is 8.33. The van der Waals surface area contributed by atoms with E-state index < -0.39 is 0 Å². The molecular weight excluding hydrogens is 298 g/mol. The van der Waals surface area contributed by atoms with Crippen molar-refractivity contribution in [1.82, 2.24) is 4.90 Å². The molecule has 1 amide bonds. The average molecular weight is 319 g/mol. The van der Waals surface area contributed by atoms with Gasteiger partial charge in [0.15, 0.2) is 0 Å². The van der Waals surface area contributed by atoms with Crippen LogP contribution in [0, 0.1) is 11.3 Å². The summed E-state index contributed by atoms with van der Waals surface area (Å²) in [6.07, 6.45) is 3.06. The Hall–Kier alpha value is -2.80. The van der Waals surface area contributed by atoms with Gasteiger partial charge in [-0.15, -0.1) is 0 Å². The smallest absolute Gasteiger partial charge is 0.242 e. The van der Waals surface area contributed by atoms with Crippen LogP contribution < -0.4 is 5.32 Å². The standard InChI is InChI=1S/C20H21N3O/c21-14-17-8-10-18(11-9-17)22-15-20(24)23-12-4-7-19(23)13-16-5-2-1-3-6-16/h1-3,5-6,8-11,19,22H,4,7,12-13,15H2. The number of hydrogen-bond acceptors (Lipinski definition) is 3. The fourth-order valence-corrected chi connectivity index (χ4v) is 3.20. The molecular formula is C20H21N3O. The Labute approximate surface area is 142 Å². The van der Waals surface area contributed by atoms with E-state index >= 15 is 0 Å². The van der Waals surface area contributed by atoms with E-state index in [9.17, 15) is 4.79 Å². The van der Waals surface area contributed by atoms with Gasteiger partial charge >= 0.3 is 0 Å². The summed E-state index contributed by atoms with van der Waals surface area (Å²) in [7, 11) is 0. The first kappa shape index (κ1) is 16.1. The lowest BCUT2D eigenvalue weighted by Crippen LogP contribution is -2.40. The van der Waals surface area contributed by atoms with E-state index in [0.29, 0.717) is 11.6 Å². The lowest BCUT2D eigenvalue weighted by Gasteiger charge is -2.25. The molecule has 4 heteroatoms. The van der Waals surface area contributed by atoms with Gasteiger partial charge in [-0.2, -0.15) is 5.26 Å². The number of anilines is 1. The molecule has 2 aromatic carbocycles. The van der Waals surface area contributed by atoms with Gasteiger partial charge in [-0.25, -0.2) is 0 Å². The van der Waals surface area contributed by atoms with Crippen LogP contribution in [-0.2, 0) is 11.2 Å². The zero-order chi connectivity index (χ0) is 16.8. The van der Waals surface area contributed by atoms with Crippen molar-refractivity contribution in [3.63, 3.8) is 0 Å². The van der Waals surface area contributed by atoms with Crippen molar-refractivity contribution in [2.75, 3.05) is 18.4 Å². The number of carbonyl (C=O) groups is 1. The summed E-state index contributed by atoms with van der Waals surface area (Å²) in [5, 5.41) is 12.0. The second-order valence-electron chi connectivity index (χ2n) is 6.12. The molecule has 0 bridgehead atoms. The van der Waals surface area contributed by atoms with Crippen LogP contribution in [0.2, 0.25) is 0 Å². The number of amides is 1. The van der Waals surface area contributed by atoms with Gasteiger partial charge < -0.3 is 10.2 Å². The summed E-state index contributed by atoms with van der Waals surface area (Å²) in [6, 6.07) is 19.9. The van der Waals surface area contributed by atoms with Gasteiger partial charge in [-0.3, -0.25) is 4.79 Å². The van der Waals surface area contributed by atoms with E-state index in [1.54, 1.807) is 12.1 Å². The fraction of sp³-hybridized carbons (Fsp3) is 0.300. The SMILES string of the molecule is N#Cc1ccc(NCC(=O)N2CCCC2Cc2ccccc2)cc1. The van der Waals surface area contributed by atoms with E-state index in [1.165, 1.54) is 5.56 Å². The molecule has 1 aliphatic heterocycles. The lowest BCUT2D eigenvalue weighted by molar-refractivity contribution is -0.130. The third-order valence-corrected chi connectivity index (χ3v) is 4.47. The minimum atomic E-state index is 0.137. The molecule has 1 unspecified atom stereocenters. The van der Waals surface area contributed by atoms with Gasteiger partial charge in [0.05, 0.1) is 18.2 Å². The maximum atomic E-state index is 12.6. The first-order valence-electron chi connectivity index (χ1n) is 8.33. The van der Waals surface area contributed by atoms with Gasteiger partial charge in [0.2, 0.25) is 5.91 Å². The molecule has 0 spiro atoms. The van der Waals surface area contributed by atoms with Crippen molar-refractivity contribution in [3.8, 4) is 6.07 Å². The zero-order valence-corrected chi connectivity index (χ0v) is 13.6. The Bertz CT molecular complexity index is 719.